The summed E-state index contributed by atoms with van der Waals surface area (Å²) in [6.45, 7) is 9.71. The van der Waals surface area contributed by atoms with Crippen molar-refractivity contribution in [3.8, 4) is 0 Å². The standard InChI is InChI=1S/C10H18N2/c1-7(2)9-5-6-11-12-10(9)8(3)4/h7-8H,5-6H2,1-4H3. The van der Waals surface area contributed by atoms with E-state index in [0.717, 1.165) is 13.0 Å². The van der Waals surface area contributed by atoms with Gasteiger partial charge < -0.3 is 0 Å². The van der Waals surface area contributed by atoms with Gasteiger partial charge in [0.1, 0.15) is 0 Å². The number of hydrogen-bond acceptors (Lipinski definition) is 2. The van der Waals surface area contributed by atoms with Crippen molar-refractivity contribution in [2.24, 2.45) is 22.1 Å². The molecule has 1 rings (SSSR count). The van der Waals surface area contributed by atoms with Gasteiger partial charge in [-0.2, -0.15) is 10.2 Å². The quantitative estimate of drug-likeness (QED) is 0.600. The van der Waals surface area contributed by atoms with E-state index in [-0.39, 0.29) is 0 Å². The first-order valence-corrected chi connectivity index (χ1v) is 4.73. The summed E-state index contributed by atoms with van der Waals surface area (Å²) < 4.78 is 0. The molecule has 68 valence electrons. The molecule has 0 amide bonds. The lowest BCUT2D eigenvalue weighted by atomic mass is 9.93. The smallest absolute Gasteiger partial charge is 0.0646 e. The van der Waals surface area contributed by atoms with Gasteiger partial charge in [0.05, 0.1) is 12.2 Å². The lowest BCUT2D eigenvalue weighted by molar-refractivity contribution is 0.609. The highest BCUT2D eigenvalue weighted by molar-refractivity contribution is 5.18. The average Bonchev–Trinajstić information content (AvgIpc) is 2.04. The Morgan fingerprint density at radius 1 is 1.08 bits per heavy atom. The monoisotopic (exact) mass is 166 g/mol. The summed E-state index contributed by atoms with van der Waals surface area (Å²) in [6, 6.07) is 0. The van der Waals surface area contributed by atoms with Crippen molar-refractivity contribution >= 4 is 0 Å². The molecule has 12 heavy (non-hydrogen) atoms. The van der Waals surface area contributed by atoms with Gasteiger partial charge in [-0.1, -0.05) is 27.7 Å². The Bertz CT molecular complexity index is 212. The second-order valence-electron chi connectivity index (χ2n) is 3.93. The van der Waals surface area contributed by atoms with Crippen LogP contribution in [-0.2, 0) is 0 Å². The van der Waals surface area contributed by atoms with Gasteiger partial charge in [0.2, 0.25) is 0 Å². The second-order valence-corrected chi connectivity index (χ2v) is 3.93. The fourth-order valence-corrected chi connectivity index (χ4v) is 1.56. The number of azo groups is 1. The maximum atomic E-state index is 4.24. The topological polar surface area (TPSA) is 24.7 Å². The molecule has 1 heterocycles. The fraction of sp³-hybridized carbons (Fsp3) is 0.800. The van der Waals surface area contributed by atoms with Gasteiger partial charge in [0.25, 0.3) is 0 Å². The van der Waals surface area contributed by atoms with Gasteiger partial charge in [-0.15, -0.1) is 0 Å². The minimum Gasteiger partial charge on any atom is -0.189 e. The highest BCUT2D eigenvalue weighted by Gasteiger charge is 2.15. The van der Waals surface area contributed by atoms with Gasteiger partial charge in [-0.05, 0) is 23.8 Å². The zero-order valence-corrected chi connectivity index (χ0v) is 8.46. The molecule has 2 nitrogen and oxygen atoms in total. The Morgan fingerprint density at radius 3 is 2.17 bits per heavy atom. The maximum Gasteiger partial charge on any atom is 0.0646 e. The molecule has 0 spiro atoms. The number of nitrogens with zero attached hydrogens (tertiary/aromatic N) is 2. The molecule has 0 fully saturated rings. The first kappa shape index (κ1) is 9.43. The van der Waals surface area contributed by atoms with E-state index in [1.54, 1.807) is 0 Å². The van der Waals surface area contributed by atoms with E-state index < -0.39 is 0 Å². The van der Waals surface area contributed by atoms with Crippen LogP contribution in [-0.4, -0.2) is 6.54 Å². The predicted octanol–water partition coefficient (Wildman–Crippen LogP) is 3.41. The number of rotatable bonds is 2. The summed E-state index contributed by atoms with van der Waals surface area (Å²) >= 11 is 0. The summed E-state index contributed by atoms with van der Waals surface area (Å²) in [6.07, 6.45) is 1.11. The third kappa shape index (κ3) is 1.93. The highest BCUT2D eigenvalue weighted by atomic mass is 15.1. The molecule has 0 saturated carbocycles. The molecule has 1 aliphatic rings. The van der Waals surface area contributed by atoms with E-state index in [1.807, 2.05) is 0 Å². The predicted molar refractivity (Wildman–Crippen MR) is 51.0 cm³/mol. The molecule has 0 aromatic heterocycles. The van der Waals surface area contributed by atoms with Crippen LogP contribution in [0.1, 0.15) is 34.1 Å². The second kappa shape index (κ2) is 3.83. The van der Waals surface area contributed by atoms with Crippen LogP contribution in [0.15, 0.2) is 21.5 Å². The van der Waals surface area contributed by atoms with Gasteiger partial charge in [-0.3, -0.25) is 0 Å². The van der Waals surface area contributed by atoms with E-state index in [9.17, 15) is 0 Å². The molecule has 0 aromatic rings. The molecule has 0 N–H and O–H groups in total. The first-order chi connectivity index (χ1) is 5.63. The summed E-state index contributed by atoms with van der Waals surface area (Å²) in [7, 11) is 0. The van der Waals surface area contributed by atoms with Crippen molar-refractivity contribution in [3.05, 3.63) is 11.3 Å². The SMILES string of the molecule is CC(C)C1=C(C(C)C)N=NCC1. The van der Waals surface area contributed by atoms with Gasteiger partial charge >= 0.3 is 0 Å². The van der Waals surface area contributed by atoms with Crippen LogP contribution in [0.5, 0.6) is 0 Å². The zero-order valence-electron chi connectivity index (χ0n) is 8.46. The third-order valence-corrected chi connectivity index (χ3v) is 2.23. The van der Waals surface area contributed by atoms with E-state index in [2.05, 4.69) is 37.9 Å². The van der Waals surface area contributed by atoms with Crippen LogP contribution in [0.2, 0.25) is 0 Å². The van der Waals surface area contributed by atoms with Gasteiger partial charge in [0.15, 0.2) is 0 Å². The van der Waals surface area contributed by atoms with Crippen LogP contribution in [0, 0.1) is 11.8 Å². The lowest BCUT2D eigenvalue weighted by Gasteiger charge is -2.19. The van der Waals surface area contributed by atoms with Crippen LogP contribution in [0.3, 0.4) is 0 Å². The van der Waals surface area contributed by atoms with E-state index in [1.165, 1.54) is 11.3 Å². The van der Waals surface area contributed by atoms with E-state index in [0.29, 0.717) is 11.8 Å². The molecular formula is C10H18N2. The fourth-order valence-electron chi connectivity index (χ4n) is 1.56. The average molecular weight is 166 g/mol. The molecule has 0 saturated heterocycles. The number of hydrogen-bond donors (Lipinski definition) is 0. The Hall–Kier alpha value is -0.660. The lowest BCUT2D eigenvalue weighted by Crippen LogP contribution is -2.07. The minimum atomic E-state index is 0.520. The van der Waals surface area contributed by atoms with Crippen molar-refractivity contribution < 1.29 is 0 Å². The first-order valence-electron chi connectivity index (χ1n) is 4.73. The molecule has 0 radical (unpaired) electrons. The van der Waals surface area contributed by atoms with Crippen LogP contribution < -0.4 is 0 Å². The molecule has 2 heteroatoms. The molecular weight excluding hydrogens is 148 g/mol. The molecule has 0 aliphatic carbocycles. The Morgan fingerprint density at radius 2 is 1.75 bits per heavy atom. The van der Waals surface area contributed by atoms with Crippen molar-refractivity contribution in [2.45, 2.75) is 34.1 Å². The van der Waals surface area contributed by atoms with Crippen molar-refractivity contribution in [1.29, 1.82) is 0 Å². The molecule has 0 aromatic carbocycles. The number of allylic oxidation sites excluding steroid dienone is 1. The Balaban J connectivity index is 2.92. The van der Waals surface area contributed by atoms with Gasteiger partial charge in [0, 0.05) is 0 Å². The van der Waals surface area contributed by atoms with Crippen LogP contribution in [0.4, 0.5) is 0 Å². The highest BCUT2D eigenvalue weighted by Crippen LogP contribution is 2.28. The summed E-state index contributed by atoms with van der Waals surface area (Å²) in [5, 5.41) is 8.32. The molecule has 1 aliphatic heterocycles. The maximum absolute atomic E-state index is 4.24. The van der Waals surface area contributed by atoms with Crippen LogP contribution in [0.25, 0.3) is 0 Å². The largest absolute Gasteiger partial charge is 0.189 e. The Labute approximate surface area is 74.8 Å². The summed E-state index contributed by atoms with van der Waals surface area (Å²) in [4.78, 5) is 0. The minimum absolute atomic E-state index is 0.520. The van der Waals surface area contributed by atoms with E-state index >= 15 is 0 Å². The molecule has 0 bridgehead atoms. The van der Waals surface area contributed by atoms with Crippen LogP contribution >= 0.6 is 0 Å². The molecule has 0 atom stereocenters. The van der Waals surface area contributed by atoms with E-state index in [4.69, 9.17) is 0 Å². The summed E-state index contributed by atoms with van der Waals surface area (Å²) in [5.74, 6) is 1.15. The summed E-state index contributed by atoms with van der Waals surface area (Å²) in [5.41, 5.74) is 2.72. The van der Waals surface area contributed by atoms with Crippen molar-refractivity contribution in [1.82, 2.24) is 0 Å². The van der Waals surface area contributed by atoms with Crippen molar-refractivity contribution in [2.75, 3.05) is 6.54 Å². The van der Waals surface area contributed by atoms with Gasteiger partial charge in [-0.25, -0.2) is 0 Å². The van der Waals surface area contributed by atoms with Crippen molar-refractivity contribution in [3.63, 3.8) is 0 Å². The normalized spacial score (nSPS) is 18.2. The third-order valence-electron chi connectivity index (χ3n) is 2.23. The zero-order chi connectivity index (χ0) is 9.14. The Kier molecular flexibility index (Phi) is 3.01. The molecule has 0 unspecified atom stereocenters.